The van der Waals surface area contributed by atoms with E-state index in [0.717, 1.165) is 32.6 Å². The molecule has 94 valence electrons. The number of carbonyl (C=O) groups is 1. The first-order valence-corrected chi connectivity index (χ1v) is 6.08. The molecule has 2 N–H and O–H groups in total. The molecule has 1 fully saturated rings. The smallest absolute Gasteiger partial charge is 0.235 e. The molecule has 16 heavy (non-hydrogen) atoms. The van der Waals surface area contributed by atoms with Crippen molar-refractivity contribution in [3.63, 3.8) is 0 Å². The Labute approximate surface area is 98.1 Å². The largest absolute Gasteiger partial charge is 0.353 e. The van der Waals surface area contributed by atoms with Crippen LogP contribution in [0.2, 0.25) is 0 Å². The Morgan fingerprint density at radius 2 is 1.94 bits per heavy atom. The highest BCUT2D eigenvalue weighted by Gasteiger charge is 2.14. The van der Waals surface area contributed by atoms with Crippen LogP contribution in [0.3, 0.4) is 0 Å². The molecule has 1 aliphatic heterocycles. The summed E-state index contributed by atoms with van der Waals surface area (Å²) in [5.41, 5.74) is 3.17. The molecule has 5 nitrogen and oxygen atoms in total. The molecule has 5 heteroatoms. The average molecular weight is 228 g/mol. The van der Waals surface area contributed by atoms with Gasteiger partial charge in [0.15, 0.2) is 0 Å². The number of rotatable bonds is 5. The zero-order chi connectivity index (χ0) is 12.0. The lowest BCUT2D eigenvalue weighted by Crippen LogP contribution is -2.53. The first kappa shape index (κ1) is 13.4. The summed E-state index contributed by atoms with van der Waals surface area (Å²) >= 11 is 0. The van der Waals surface area contributed by atoms with E-state index in [4.69, 9.17) is 0 Å². The fraction of sp³-hybridized carbons (Fsp3) is 0.909. The molecule has 1 aliphatic rings. The molecule has 0 aromatic carbocycles. The summed E-state index contributed by atoms with van der Waals surface area (Å²) in [5, 5.41) is 5.06. The van der Waals surface area contributed by atoms with Crippen molar-refractivity contribution in [3.05, 3.63) is 0 Å². The zero-order valence-corrected chi connectivity index (χ0v) is 10.6. The van der Waals surface area contributed by atoms with Gasteiger partial charge in [-0.15, -0.1) is 0 Å². The van der Waals surface area contributed by atoms with Crippen molar-refractivity contribution in [2.24, 2.45) is 0 Å². The molecule has 0 radical (unpaired) electrons. The second kappa shape index (κ2) is 6.83. The van der Waals surface area contributed by atoms with E-state index in [2.05, 4.69) is 34.6 Å². The number of hydrogen-bond donors (Lipinski definition) is 2. The Hall–Kier alpha value is -0.650. The summed E-state index contributed by atoms with van der Waals surface area (Å²) in [6.07, 6.45) is 0.972. The molecular formula is C11H24N4O. The van der Waals surface area contributed by atoms with E-state index in [1.165, 1.54) is 0 Å². The molecule has 0 aromatic heterocycles. The van der Waals surface area contributed by atoms with Gasteiger partial charge in [-0.25, -0.2) is 10.4 Å². The summed E-state index contributed by atoms with van der Waals surface area (Å²) < 4.78 is 0. The summed E-state index contributed by atoms with van der Waals surface area (Å²) in [6.45, 7) is 8.54. The van der Waals surface area contributed by atoms with Crippen molar-refractivity contribution in [3.8, 4) is 0 Å². The SMILES string of the molecule is CCC(C)NC(=O)CNN1CCN(C)CC1. The van der Waals surface area contributed by atoms with Gasteiger partial charge < -0.3 is 10.2 Å². The van der Waals surface area contributed by atoms with Gasteiger partial charge in [0.05, 0.1) is 6.54 Å². The lowest BCUT2D eigenvalue weighted by atomic mass is 10.2. The first-order chi connectivity index (χ1) is 7.61. The predicted molar refractivity (Wildman–Crippen MR) is 65.0 cm³/mol. The second-order valence-corrected chi connectivity index (χ2v) is 4.50. The molecule has 0 aliphatic carbocycles. The Kier molecular flexibility index (Phi) is 5.73. The van der Waals surface area contributed by atoms with Gasteiger partial charge in [-0.1, -0.05) is 6.92 Å². The van der Waals surface area contributed by atoms with E-state index in [1.807, 2.05) is 6.92 Å². The van der Waals surface area contributed by atoms with E-state index >= 15 is 0 Å². The number of nitrogens with one attached hydrogen (secondary N) is 2. The second-order valence-electron chi connectivity index (χ2n) is 4.50. The van der Waals surface area contributed by atoms with Gasteiger partial charge in [0, 0.05) is 32.2 Å². The minimum atomic E-state index is 0.0771. The number of amides is 1. The van der Waals surface area contributed by atoms with Gasteiger partial charge in [-0.3, -0.25) is 4.79 Å². The van der Waals surface area contributed by atoms with Crippen molar-refractivity contribution >= 4 is 5.91 Å². The Bertz CT molecular complexity index is 214. The molecule has 1 unspecified atom stereocenters. The van der Waals surface area contributed by atoms with Crippen LogP contribution < -0.4 is 10.7 Å². The fourth-order valence-corrected chi connectivity index (χ4v) is 1.58. The van der Waals surface area contributed by atoms with Crippen LogP contribution in [0.4, 0.5) is 0 Å². The van der Waals surface area contributed by atoms with Gasteiger partial charge in [0.2, 0.25) is 5.91 Å². The van der Waals surface area contributed by atoms with E-state index < -0.39 is 0 Å². The van der Waals surface area contributed by atoms with Crippen molar-refractivity contribution in [2.45, 2.75) is 26.3 Å². The normalized spacial score (nSPS) is 20.7. The number of piperazine rings is 1. The minimum absolute atomic E-state index is 0.0771. The fourth-order valence-electron chi connectivity index (χ4n) is 1.58. The standard InChI is InChI=1S/C11H24N4O/c1-4-10(2)13-11(16)9-12-15-7-5-14(3)6-8-15/h10,12H,4-9H2,1-3H3,(H,13,16). The molecule has 1 heterocycles. The first-order valence-electron chi connectivity index (χ1n) is 6.08. The number of likely N-dealkylation sites (N-methyl/N-ethyl adjacent to an activating group) is 1. The quantitative estimate of drug-likeness (QED) is 0.675. The maximum Gasteiger partial charge on any atom is 0.235 e. The van der Waals surface area contributed by atoms with Crippen LogP contribution in [0.5, 0.6) is 0 Å². The third-order valence-electron chi connectivity index (χ3n) is 2.99. The van der Waals surface area contributed by atoms with Gasteiger partial charge in [0.1, 0.15) is 0 Å². The van der Waals surface area contributed by atoms with Crippen LogP contribution in [0.1, 0.15) is 20.3 Å². The number of hydrogen-bond acceptors (Lipinski definition) is 4. The minimum Gasteiger partial charge on any atom is -0.353 e. The monoisotopic (exact) mass is 228 g/mol. The molecule has 0 bridgehead atoms. The van der Waals surface area contributed by atoms with Crippen molar-refractivity contribution in [1.82, 2.24) is 20.7 Å². The van der Waals surface area contributed by atoms with Crippen LogP contribution in [0.15, 0.2) is 0 Å². The maximum absolute atomic E-state index is 11.5. The van der Waals surface area contributed by atoms with E-state index in [1.54, 1.807) is 0 Å². The maximum atomic E-state index is 11.5. The van der Waals surface area contributed by atoms with E-state index in [0.29, 0.717) is 6.54 Å². The van der Waals surface area contributed by atoms with Crippen LogP contribution in [-0.2, 0) is 4.79 Å². The Morgan fingerprint density at radius 1 is 1.31 bits per heavy atom. The number of nitrogens with zero attached hydrogens (tertiary/aromatic N) is 2. The van der Waals surface area contributed by atoms with Crippen molar-refractivity contribution in [2.75, 3.05) is 39.8 Å². The van der Waals surface area contributed by atoms with Crippen LogP contribution in [-0.4, -0.2) is 61.6 Å². The average Bonchev–Trinajstić information content (AvgIpc) is 2.28. The van der Waals surface area contributed by atoms with E-state index in [9.17, 15) is 4.79 Å². The van der Waals surface area contributed by atoms with Crippen molar-refractivity contribution < 1.29 is 4.79 Å². The topological polar surface area (TPSA) is 47.6 Å². The summed E-state index contributed by atoms with van der Waals surface area (Å²) in [4.78, 5) is 13.8. The molecule has 1 amide bonds. The Morgan fingerprint density at radius 3 is 2.50 bits per heavy atom. The zero-order valence-electron chi connectivity index (χ0n) is 10.6. The van der Waals surface area contributed by atoms with Gasteiger partial charge >= 0.3 is 0 Å². The molecule has 1 atom stereocenters. The molecule has 0 spiro atoms. The highest BCUT2D eigenvalue weighted by atomic mass is 16.2. The highest BCUT2D eigenvalue weighted by Crippen LogP contribution is 1.94. The molecule has 0 aromatic rings. The van der Waals surface area contributed by atoms with Crippen LogP contribution in [0, 0.1) is 0 Å². The molecule has 0 saturated carbocycles. The van der Waals surface area contributed by atoms with Crippen LogP contribution >= 0.6 is 0 Å². The highest BCUT2D eigenvalue weighted by molar-refractivity contribution is 5.78. The summed E-state index contributed by atoms with van der Waals surface area (Å²) in [6, 6.07) is 0.266. The van der Waals surface area contributed by atoms with Gasteiger partial charge in [-0.2, -0.15) is 0 Å². The van der Waals surface area contributed by atoms with Crippen molar-refractivity contribution in [1.29, 1.82) is 0 Å². The lowest BCUT2D eigenvalue weighted by molar-refractivity contribution is -0.121. The summed E-state index contributed by atoms with van der Waals surface area (Å²) in [7, 11) is 2.12. The summed E-state index contributed by atoms with van der Waals surface area (Å²) in [5.74, 6) is 0.0771. The third-order valence-corrected chi connectivity index (χ3v) is 2.99. The number of hydrazine groups is 1. The molecule has 1 saturated heterocycles. The molecule has 1 rings (SSSR count). The van der Waals surface area contributed by atoms with Gasteiger partial charge in [-0.05, 0) is 20.4 Å². The predicted octanol–water partition coefficient (Wildman–Crippen LogP) is -0.347. The van der Waals surface area contributed by atoms with E-state index in [-0.39, 0.29) is 11.9 Å². The number of carbonyl (C=O) groups excluding carboxylic acids is 1. The third kappa shape index (κ3) is 4.92. The lowest BCUT2D eigenvalue weighted by Gasteiger charge is -2.32. The van der Waals surface area contributed by atoms with Crippen LogP contribution in [0.25, 0.3) is 0 Å². The van der Waals surface area contributed by atoms with Gasteiger partial charge in [0.25, 0.3) is 0 Å². The molecular weight excluding hydrogens is 204 g/mol. The Balaban J connectivity index is 2.12.